The number of thioether (sulfide) groups is 1. The predicted molar refractivity (Wildman–Crippen MR) is 141 cm³/mol. The summed E-state index contributed by atoms with van der Waals surface area (Å²) in [6.07, 6.45) is 0. The molecule has 0 bridgehead atoms. The van der Waals surface area contributed by atoms with Gasteiger partial charge < -0.3 is 25.2 Å². The molecule has 39 heavy (non-hydrogen) atoms. The lowest BCUT2D eigenvalue weighted by Gasteiger charge is -2.49. The van der Waals surface area contributed by atoms with E-state index < -0.39 is 53.7 Å². The summed E-state index contributed by atoms with van der Waals surface area (Å²) in [5.74, 6) is -3.30. The number of para-hydroxylation sites is 1. The number of carbonyl (C=O) groups is 5. The number of hydrogen-bond donors (Lipinski definition) is 3. The molecule has 1 fully saturated rings. The first kappa shape index (κ1) is 28.0. The van der Waals surface area contributed by atoms with Crippen LogP contribution in [0, 0.1) is 0 Å². The van der Waals surface area contributed by atoms with Gasteiger partial charge in [-0.25, -0.2) is 4.79 Å². The van der Waals surface area contributed by atoms with Crippen molar-refractivity contribution in [3.05, 3.63) is 76.5 Å². The van der Waals surface area contributed by atoms with Gasteiger partial charge in [0.1, 0.15) is 35.5 Å². The number of carbonyl (C=O) groups excluding carboxylic acids is 4. The summed E-state index contributed by atoms with van der Waals surface area (Å²) in [5, 5.41) is 14.6. The fraction of sp³-hybridized carbons (Fsp3) is 0.269. The maximum Gasteiger partial charge on any atom is 0.352 e. The fourth-order valence-corrected chi connectivity index (χ4v) is 5.59. The van der Waals surface area contributed by atoms with Crippen molar-refractivity contribution in [2.45, 2.75) is 24.4 Å². The maximum atomic E-state index is 13.3. The second-order valence-electron chi connectivity index (χ2n) is 8.56. The van der Waals surface area contributed by atoms with Crippen LogP contribution in [0.3, 0.4) is 0 Å². The van der Waals surface area contributed by atoms with E-state index in [1.807, 2.05) is 0 Å². The summed E-state index contributed by atoms with van der Waals surface area (Å²) < 4.78 is 10.4. The number of carboxylic acid groups (broad SMARTS) is 1. The zero-order chi connectivity index (χ0) is 28.1. The molecule has 3 amide bonds. The molecular weight excluding hydrogens is 550 g/mol. The summed E-state index contributed by atoms with van der Waals surface area (Å²) in [4.78, 5) is 63.2. The first-order valence-electron chi connectivity index (χ1n) is 11.7. The van der Waals surface area contributed by atoms with Crippen molar-refractivity contribution in [2.75, 3.05) is 19.0 Å². The number of benzene rings is 2. The van der Waals surface area contributed by atoms with Gasteiger partial charge >= 0.3 is 11.9 Å². The predicted octanol–water partition coefficient (Wildman–Crippen LogP) is 1.88. The van der Waals surface area contributed by atoms with Gasteiger partial charge in [-0.2, -0.15) is 0 Å². The average Bonchev–Trinajstić information content (AvgIpc) is 2.92. The molecule has 0 unspecified atom stereocenters. The highest BCUT2D eigenvalue weighted by Gasteiger charge is 2.54. The molecule has 2 heterocycles. The number of hydrogen-bond acceptors (Lipinski definition) is 8. The van der Waals surface area contributed by atoms with Crippen LogP contribution in [0.1, 0.15) is 18.5 Å². The second-order valence-corrected chi connectivity index (χ2v) is 10.1. The Labute approximate surface area is 232 Å². The maximum absolute atomic E-state index is 13.3. The molecule has 0 spiro atoms. The number of carboxylic acids is 1. The molecule has 0 radical (unpaired) electrons. The molecule has 3 atom stereocenters. The summed E-state index contributed by atoms with van der Waals surface area (Å²) in [6.45, 7) is 0.535. The molecule has 204 valence electrons. The van der Waals surface area contributed by atoms with Crippen molar-refractivity contribution in [3.63, 3.8) is 0 Å². The third kappa shape index (κ3) is 6.35. The first-order valence-corrected chi connectivity index (χ1v) is 13.2. The van der Waals surface area contributed by atoms with Crippen molar-refractivity contribution >= 4 is 53.0 Å². The van der Waals surface area contributed by atoms with Gasteiger partial charge in [-0.05, 0) is 17.7 Å². The van der Waals surface area contributed by atoms with E-state index in [0.29, 0.717) is 16.3 Å². The lowest BCUT2D eigenvalue weighted by molar-refractivity contribution is -0.151. The molecule has 0 saturated carbocycles. The molecule has 13 heteroatoms. The van der Waals surface area contributed by atoms with E-state index in [0.717, 1.165) is 4.90 Å². The SMILES string of the molecule is CC(=O)OCC1=C(C(=O)O)N2C(=O)[C@@H](NC(=O)[C@@H](NC(=O)COc3ccccc3Cl)c3ccccc3)[C@H]2SC1. The molecule has 3 N–H and O–H groups in total. The number of rotatable bonds is 10. The van der Waals surface area contributed by atoms with E-state index in [-0.39, 0.29) is 23.6 Å². The summed E-state index contributed by atoms with van der Waals surface area (Å²) in [6, 6.07) is 12.9. The van der Waals surface area contributed by atoms with E-state index >= 15 is 0 Å². The topological polar surface area (TPSA) is 151 Å². The van der Waals surface area contributed by atoms with E-state index in [9.17, 15) is 29.1 Å². The van der Waals surface area contributed by atoms with Crippen molar-refractivity contribution in [2.24, 2.45) is 0 Å². The molecule has 11 nitrogen and oxygen atoms in total. The Morgan fingerprint density at radius 1 is 1.13 bits per heavy atom. The lowest BCUT2D eigenvalue weighted by atomic mass is 10.0. The Hall–Kier alpha value is -4.03. The van der Waals surface area contributed by atoms with Crippen LogP contribution >= 0.6 is 23.4 Å². The minimum Gasteiger partial charge on any atom is -0.482 e. The van der Waals surface area contributed by atoms with Gasteiger partial charge in [0, 0.05) is 18.2 Å². The summed E-state index contributed by atoms with van der Waals surface area (Å²) in [7, 11) is 0. The van der Waals surface area contributed by atoms with E-state index in [4.69, 9.17) is 21.1 Å². The van der Waals surface area contributed by atoms with Crippen molar-refractivity contribution in [1.82, 2.24) is 15.5 Å². The van der Waals surface area contributed by atoms with Gasteiger partial charge in [-0.15, -0.1) is 11.8 Å². The number of esters is 1. The minimum absolute atomic E-state index is 0.188. The lowest BCUT2D eigenvalue weighted by Crippen LogP contribution is -2.71. The Balaban J connectivity index is 1.46. The van der Waals surface area contributed by atoms with Crippen LogP contribution in [0.2, 0.25) is 5.02 Å². The Bertz CT molecular complexity index is 1340. The Kier molecular flexibility index (Phi) is 8.77. The highest BCUT2D eigenvalue weighted by Crippen LogP contribution is 2.40. The van der Waals surface area contributed by atoms with Crippen LogP contribution < -0.4 is 15.4 Å². The molecule has 2 aliphatic heterocycles. The van der Waals surface area contributed by atoms with Crippen LogP contribution in [-0.2, 0) is 28.7 Å². The minimum atomic E-state index is -1.34. The number of halogens is 1. The third-order valence-electron chi connectivity index (χ3n) is 5.89. The quantitative estimate of drug-likeness (QED) is 0.286. The van der Waals surface area contributed by atoms with Crippen LogP contribution in [-0.4, -0.2) is 70.0 Å². The molecule has 2 aliphatic rings. The van der Waals surface area contributed by atoms with Gasteiger partial charge in [0.25, 0.3) is 11.8 Å². The van der Waals surface area contributed by atoms with Crippen LogP contribution in [0.5, 0.6) is 5.75 Å². The van der Waals surface area contributed by atoms with Gasteiger partial charge in [-0.3, -0.25) is 24.1 Å². The number of β-lactam (4-membered cyclic amide) rings is 1. The Morgan fingerprint density at radius 3 is 2.49 bits per heavy atom. The molecule has 1 saturated heterocycles. The molecule has 0 aliphatic carbocycles. The summed E-state index contributed by atoms with van der Waals surface area (Å²) in [5.41, 5.74) is 0.487. The van der Waals surface area contributed by atoms with Crippen LogP contribution in [0.4, 0.5) is 0 Å². The number of ether oxygens (including phenoxy) is 2. The zero-order valence-corrected chi connectivity index (χ0v) is 22.2. The molecule has 4 rings (SSSR count). The fourth-order valence-electron chi connectivity index (χ4n) is 4.07. The Morgan fingerprint density at radius 2 is 1.82 bits per heavy atom. The number of aliphatic carboxylic acids is 1. The summed E-state index contributed by atoms with van der Waals surface area (Å²) >= 11 is 7.29. The van der Waals surface area contributed by atoms with Crippen molar-refractivity contribution in [3.8, 4) is 5.75 Å². The van der Waals surface area contributed by atoms with Crippen molar-refractivity contribution in [1.29, 1.82) is 0 Å². The molecule has 0 aromatic heterocycles. The van der Waals surface area contributed by atoms with Gasteiger partial charge in [-0.1, -0.05) is 54.1 Å². The smallest absolute Gasteiger partial charge is 0.352 e. The van der Waals surface area contributed by atoms with E-state index in [1.54, 1.807) is 54.6 Å². The van der Waals surface area contributed by atoms with E-state index in [1.165, 1.54) is 18.7 Å². The largest absolute Gasteiger partial charge is 0.482 e. The van der Waals surface area contributed by atoms with Gasteiger partial charge in [0.2, 0.25) is 5.91 Å². The molecule has 2 aromatic rings. The average molecular weight is 574 g/mol. The highest BCUT2D eigenvalue weighted by atomic mass is 35.5. The van der Waals surface area contributed by atoms with Gasteiger partial charge in [0.05, 0.1) is 5.02 Å². The monoisotopic (exact) mass is 573 g/mol. The normalized spacial score (nSPS) is 18.8. The first-order chi connectivity index (χ1) is 18.7. The number of nitrogens with zero attached hydrogens (tertiary/aromatic N) is 1. The number of fused-ring (bicyclic) bond motifs is 1. The molecular formula is C26H24ClN3O8S. The second kappa shape index (κ2) is 12.2. The standard InChI is InChI=1S/C26H24ClN3O8S/c1-14(31)37-11-16-13-39-25-21(24(34)30(25)22(16)26(35)36)29-23(33)20(15-7-3-2-4-8-15)28-19(32)12-38-18-10-6-5-9-17(18)27/h2-10,20-21,25H,11-13H2,1H3,(H,28,32)(H,29,33)(H,35,36)/t20-,21+,25+/m0/s1. The number of amides is 3. The zero-order valence-electron chi connectivity index (χ0n) is 20.6. The van der Waals surface area contributed by atoms with Crippen molar-refractivity contribution < 1.29 is 38.6 Å². The third-order valence-corrected chi connectivity index (χ3v) is 7.54. The van der Waals surface area contributed by atoms with E-state index in [2.05, 4.69) is 10.6 Å². The van der Waals surface area contributed by atoms with Crippen LogP contribution in [0.15, 0.2) is 65.9 Å². The van der Waals surface area contributed by atoms with Gasteiger partial charge in [0.15, 0.2) is 6.61 Å². The number of nitrogens with one attached hydrogen (secondary N) is 2. The van der Waals surface area contributed by atoms with Crippen LogP contribution in [0.25, 0.3) is 0 Å². The molecule has 2 aromatic carbocycles. The highest BCUT2D eigenvalue weighted by molar-refractivity contribution is 8.00.